The van der Waals surface area contributed by atoms with E-state index in [1.165, 1.54) is 0 Å². The van der Waals surface area contributed by atoms with Gasteiger partial charge in [0.15, 0.2) is 0 Å². The molecule has 1 fully saturated rings. The second-order valence-corrected chi connectivity index (χ2v) is 4.45. The van der Waals surface area contributed by atoms with Crippen molar-refractivity contribution >= 4 is 11.8 Å². The predicted octanol–water partition coefficient (Wildman–Crippen LogP) is -0.101. The minimum Gasteiger partial charge on any atom is -0.352 e. The first-order valence-electron chi connectivity index (χ1n) is 5.86. The van der Waals surface area contributed by atoms with Crippen LogP contribution in [0.5, 0.6) is 0 Å². The van der Waals surface area contributed by atoms with E-state index in [1.807, 2.05) is 13.8 Å². The van der Waals surface area contributed by atoms with Crippen LogP contribution < -0.4 is 16.4 Å². The Morgan fingerprint density at radius 2 is 2.19 bits per heavy atom. The van der Waals surface area contributed by atoms with Gasteiger partial charge in [0.25, 0.3) is 0 Å². The highest BCUT2D eigenvalue weighted by atomic mass is 16.2. The zero-order valence-corrected chi connectivity index (χ0v) is 10.0. The van der Waals surface area contributed by atoms with Crippen LogP contribution in [0, 0.1) is 0 Å². The molecule has 1 heterocycles. The molecule has 1 unspecified atom stereocenters. The van der Waals surface area contributed by atoms with Crippen molar-refractivity contribution in [3.05, 3.63) is 0 Å². The fourth-order valence-electron chi connectivity index (χ4n) is 1.70. The van der Waals surface area contributed by atoms with Crippen LogP contribution in [0.15, 0.2) is 0 Å². The van der Waals surface area contributed by atoms with E-state index < -0.39 is 0 Å². The molecule has 16 heavy (non-hydrogen) atoms. The van der Waals surface area contributed by atoms with Gasteiger partial charge < -0.3 is 16.4 Å². The summed E-state index contributed by atoms with van der Waals surface area (Å²) in [5.74, 6) is -0.173. The van der Waals surface area contributed by atoms with Gasteiger partial charge in [0.2, 0.25) is 11.8 Å². The maximum absolute atomic E-state index is 11.7. The largest absolute Gasteiger partial charge is 0.352 e. The SMILES string of the molecule is CCC(N)(CC)CNC(=O)C1CCC(=O)N1. The Labute approximate surface area is 96.1 Å². The molecule has 92 valence electrons. The summed E-state index contributed by atoms with van der Waals surface area (Å²) in [6, 6.07) is -0.370. The first kappa shape index (κ1) is 13.0. The first-order valence-corrected chi connectivity index (χ1v) is 5.86. The molecule has 0 bridgehead atoms. The van der Waals surface area contributed by atoms with Gasteiger partial charge >= 0.3 is 0 Å². The molecule has 1 aliphatic rings. The Morgan fingerprint density at radius 1 is 1.56 bits per heavy atom. The fourth-order valence-corrected chi connectivity index (χ4v) is 1.70. The summed E-state index contributed by atoms with van der Waals surface area (Å²) in [6.07, 6.45) is 2.66. The first-order chi connectivity index (χ1) is 7.50. The summed E-state index contributed by atoms with van der Waals surface area (Å²) in [5.41, 5.74) is 5.73. The minimum absolute atomic E-state index is 0.0508. The quantitative estimate of drug-likeness (QED) is 0.613. The van der Waals surface area contributed by atoms with E-state index in [2.05, 4.69) is 10.6 Å². The lowest BCUT2D eigenvalue weighted by molar-refractivity contribution is -0.125. The van der Waals surface area contributed by atoms with Crippen LogP contribution >= 0.6 is 0 Å². The van der Waals surface area contributed by atoms with E-state index in [9.17, 15) is 9.59 Å². The summed E-state index contributed by atoms with van der Waals surface area (Å²) < 4.78 is 0. The third-order valence-corrected chi connectivity index (χ3v) is 3.33. The molecule has 5 nitrogen and oxygen atoms in total. The van der Waals surface area contributed by atoms with Crippen LogP contribution in [0.2, 0.25) is 0 Å². The molecular weight excluding hydrogens is 206 g/mol. The van der Waals surface area contributed by atoms with Crippen LogP contribution in [0.3, 0.4) is 0 Å². The zero-order chi connectivity index (χ0) is 12.2. The predicted molar refractivity (Wildman–Crippen MR) is 61.7 cm³/mol. The van der Waals surface area contributed by atoms with Gasteiger partial charge in [-0.05, 0) is 19.3 Å². The lowest BCUT2D eigenvalue weighted by Gasteiger charge is -2.27. The second-order valence-electron chi connectivity index (χ2n) is 4.45. The number of nitrogens with two attached hydrogens (primary N) is 1. The Balaban J connectivity index is 2.37. The molecule has 5 heteroatoms. The fraction of sp³-hybridized carbons (Fsp3) is 0.818. The summed E-state index contributed by atoms with van der Waals surface area (Å²) in [4.78, 5) is 22.6. The second kappa shape index (κ2) is 5.30. The summed E-state index contributed by atoms with van der Waals surface area (Å²) >= 11 is 0. The summed E-state index contributed by atoms with van der Waals surface area (Å²) in [7, 11) is 0. The van der Waals surface area contributed by atoms with Gasteiger partial charge in [-0.2, -0.15) is 0 Å². The average molecular weight is 227 g/mol. The van der Waals surface area contributed by atoms with Gasteiger partial charge in [-0.3, -0.25) is 9.59 Å². The molecule has 4 N–H and O–H groups in total. The van der Waals surface area contributed by atoms with E-state index in [4.69, 9.17) is 5.73 Å². The highest BCUT2D eigenvalue weighted by Gasteiger charge is 2.28. The van der Waals surface area contributed by atoms with Crippen molar-refractivity contribution in [3.63, 3.8) is 0 Å². The monoisotopic (exact) mass is 227 g/mol. The van der Waals surface area contributed by atoms with E-state index in [0.29, 0.717) is 19.4 Å². The van der Waals surface area contributed by atoms with Gasteiger partial charge in [0, 0.05) is 18.5 Å². The molecule has 0 aromatic heterocycles. The molecule has 1 atom stereocenters. The third kappa shape index (κ3) is 3.20. The van der Waals surface area contributed by atoms with Crippen LogP contribution in [0.25, 0.3) is 0 Å². The summed E-state index contributed by atoms with van der Waals surface area (Å²) in [6.45, 7) is 4.48. The normalized spacial score (nSPS) is 20.7. The molecular formula is C11H21N3O2. The topological polar surface area (TPSA) is 84.2 Å². The van der Waals surface area contributed by atoms with Crippen LogP contribution in [-0.2, 0) is 9.59 Å². The Hall–Kier alpha value is -1.10. The van der Waals surface area contributed by atoms with Crippen molar-refractivity contribution < 1.29 is 9.59 Å². The number of hydrogen-bond donors (Lipinski definition) is 3. The standard InChI is InChI=1S/C11H21N3O2/c1-3-11(12,4-2)7-13-10(16)8-5-6-9(15)14-8/h8H,3-7,12H2,1-2H3,(H,13,16)(H,14,15). The Kier molecular flexibility index (Phi) is 4.29. The minimum atomic E-state index is -0.370. The molecule has 0 aliphatic carbocycles. The lowest BCUT2D eigenvalue weighted by Crippen LogP contribution is -2.52. The van der Waals surface area contributed by atoms with Crippen molar-refractivity contribution in [3.8, 4) is 0 Å². The van der Waals surface area contributed by atoms with Gasteiger partial charge in [-0.15, -0.1) is 0 Å². The van der Waals surface area contributed by atoms with Gasteiger partial charge in [-0.25, -0.2) is 0 Å². The van der Waals surface area contributed by atoms with Gasteiger partial charge in [0.1, 0.15) is 6.04 Å². The number of hydrogen-bond acceptors (Lipinski definition) is 3. The van der Waals surface area contributed by atoms with Gasteiger partial charge in [0.05, 0.1) is 0 Å². The molecule has 1 rings (SSSR count). The van der Waals surface area contributed by atoms with Crippen molar-refractivity contribution in [1.29, 1.82) is 0 Å². The number of carbonyl (C=O) groups is 2. The molecule has 0 aromatic rings. The van der Waals surface area contributed by atoms with E-state index in [0.717, 1.165) is 12.8 Å². The number of amides is 2. The van der Waals surface area contributed by atoms with Crippen molar-refractivity contribution in [1.82, 2.24) is 10.6 Å². The number of nitrogens with one attached hydrogen (secondary N) is 2. The Bertz CT molecular complexity index is 274. The van der Waals surface area contributed by atoms with Crippen LogP contribution in [0.4, 0.5) is 0 Å². The van der Waals surface area contributed by atoms with E-state index in [-0.39, 0.29) is 23.4 Å². The number of carbonyl (C=O) groups excluding carboxylic acids is 2. The maximum atomic E-state index is 11.7. The molecule has 1 aliphatic heterocycles. The van der Waals surface area contributed by atoms with Crippen LogP contribution in [0.1, 0.15) is 39.5 Å². The van der Waals surface area contributed by atoms with Crippen molar-refractivity contribution in [2.24, 2.45) is 5.73 Å². The molecule has 0 radical (unpaired) electrons. The highest BCUT2D eigenvalue weighted by molar-refractivity contribution is 5.90. The lowest BCUT2D eigenvalue weighted by atomic mass is 9.94. The zero-order valence-electron chi connectivity index (χ0n) is 10.0. The van der Waals surface area contributed by atoms with Crippen molar-refractivity contribution in [2.75, 3.05) is 6.54 Å². The van der Waals surface area contributed by atoms with E-state index >= 15 is 0 Å². The molecule has 2 amide bonds. The Morgan fingerprint density at radius 3 is 2.62 bits per heavy atom. The molecule has 1 saturated heterocycles. The smallest absolute Gasteiger partial charge is 0.242 e. The molecule has 0 saturated carbocycles. The van der Waals surface area contributed by atoms with E-state index in [1.54, 1.807) is 0 Å². The number of rotatable bonds is 5. The van der Waals surface area contributed by atoms with Crippen molar-refractivity contribution in [2.45, 2.75) is 51.1 Å². The molecule has 0 aromatic carbocycles. The third-order valence-electron chi connectivity index (χ3n) is 3.33. The van der Waals surface area contributed by atoms with Crippen LogP contribution in [-0.4, -0.2) is 29.9 Å². The van der Waals surface area contributed by atoms with Gasteiger partial charge in [-0.1, -0.05) is 13.8 Å². The maximum Gasteiger partial charge on any atom is 0.242 e. The highest BCUT2D eigenvalue weighted by Crippen LogP contribution is 2.10. The average Bonchev–Trinajstić information content (AvgIpc) is 2.72. The molecule has 0 spiro atoms. The summed E-state index contributed by atoms with van der Waals surface area (Å²) in [5, 5.41) is 5.44.